The third-order valence-electron chi connectivity index (χ3n) is 4.10. The second kappa shape index (κ2) is 7.85. The maximum Gasteiger partial charge on any atom is 0.260 e. The van der Waals surface area contributed by atoms with Crippen molar-refractivity contribution in [1.29, 1.82) is 0 Å². The van der Waals surface area contributed by atoms with Crippen molar-refractivity contribution in [3.63, 3.8) is 0 Å². The fourth-order valence-electron chi connectivity index (χ4n) is 2.75. The van der Waals surface area contributed by atoms with Crippen molar-refractivity contribution in [3.8, 4) is 11.5 Å². The smallest absolute Gasteiger partial charge is 0.260 e. The van der Waals surface area contributed by atoms with Crippen molar-refractivity contribution in [3.05, 3.63) is 52.5 Å². The summed E-state index contributed by atoms with van der Waals surface area (Å²) in [5.41, 5.74) is 0.788. The zero-order valence-corrected chi connectivity index (χ0v) is 15.0. The lowest BCUT2D eigenvalue weighted by molar-refractivity contribution is -0.133. The third-order valence-corrected chi connectivity index (χ3v) is 4.65. The summed E-state index contributed by atoms with van der Waals surface area (Å²) in [6, 6.07) is 12.1. The minimum Gasteiger partial charge on any atom is -0.506 e. The first kappa shape index (κ1) is 17.7. The molecule has 7 heteroatoms. The SMILES string of the molecule is O=C(COc1cc(Cl)ccc1Cl)N1CCN(c2ccccc2O)CC1. The van der Waals surface area contributed by atoms with Gasteiger partial charge in [-0.1, -0.05) is 35.3 Å². The first-order valence-corrected chi connectivity index (χ1v) is 8.69. The van der Waals surface area contributed by atoms with Crippen molar-refractivity contribution in [1.82, 2.24) is 4.90 Å². The Labute approximate surface area is 156 Å². The molecule has 2 aromatic carbocycles. The number of benzene rings is 2. The van der Waals surface area contributed by atoms with Crippen LogP contribution in [0.5, 0.6) is 11.5 Å². The first-order chi connectivity index (χ1) is 12.0. The Morgan fingerprint density at radius 1 is 1.08 bits per heavy atom. The van der Waals surface area contributed by atoms with E-state index < -0.39 is 0 Å². The largest absolute Gasteiger partial charge is 0.506 e. The van der Waals surface area contributed by atoms with Crippen LogP contribution in [0.2, 0.25) is 10.0 Å². The molecule has 2 aromatic rings. The summed E-state index contributed by atoms with van der Waals surface area (Å²) in [6.07, 6.45) is 0. The van der Waals surface area contributed by atoms with Gasteiger partial charge >= 0.3 is 0 Å². The maximum absolute atomic E-state index is 12.3. The van der Waals surface area contributed by atoms with Gasteiger partial charge in [0.1, 0.15) is 11.5 Å². The number of rotatable bonds is 4. The van der Waals surface area contributed by atoms with E-state index in [9.17, 15) is 9.90 Å². The second-order valence-electron chi connectivity index (χ2n) is 5.72. The van der Waals surface area contributed by atoms with Crippen molar-refractivity contribution >= 4 is 34.8 Å². The van der Waals surface area contributed by atoms with Crippen molar-refractivity contribution in [2.45, 2.75) is 0 Å². The van der Waals surface area contributed by atoms with E-state index >= 15 is 0 Å². The molecule has 0 atom stereocenters. The average Bonchev–Trinajstić information content (AvgIpc) is 2.63. The van der Waals surface area contributed by atoms with Crippen molar-refractivity contribution in [2.75, 3.05) is 37.7 Å². The molecule has 25 heavy (non-hydrogen) atoms. The Morgan fingerprint density at radius 3 is 2.52 bits per heavy atom. The Bertz CT molecular complexity index is 762. The number of anilines is 1. The summed E-state index contributed by atoms with van der Waals surface area (Å²) in [6.45, 7) is 2.36. The maximum atomic E-state index is 12.3. The predicted molar refractivity (Wildman–Crippen MR) is 98.9 cm³/mol. The molecular formula is C18H18Cl2N2O3. The lowest BCUT2D eigenvalue weighted by Gasteiger charge is -2.36. The van der Waals surface area contributed by atoms with Crippen LogP contribution in [0.1, 0.15) is 0 Å². The molecule has 0 radical (unpaired) electrons. The summed E-state index contributed by atoms with van der Waals surface area (Å²) < 4.78 is 5.50. The third kappa shape index (κ3) is 4.30. The highest BCUT2D eigenvalue weighted by atomic mass is 35.5. The first-order valence-electron chi connectivity index (χ1n) is 7.93. The average molecular weight is 381 g/mol. The molecule has 1 N–H and O–H groups in total. The number of hydrogen-bond donors (Lipinski definition) is 1. The molecule has 0 aromatic heterocycles. The van der Waals surface area contributed by atoms with Gasteiger partial charge in [-0.15, -0.1) is 0 Å². The highest BCUT2D eigenvalue weighted by molar-refractivity contribution is 6.34. The number of amides is 1. The lowest BCUT2D eigenvalue weighted by atomic mass is 10.2. The standard InChI is InChI=1S/C18H18Cl2N2O3/c19-13-5-6-14(20)17(11-13)25-12-18(24)22-9-7-21(8-10-22)15-3-1-2-4-16(15)23/h1-6,11,23H,7-10,12H2. The van der Waals surface area contributed by atoms with Crippen LogP contribution < -0.4 is 9.64 Å². The number of aromatic hydroxyl groups is 1. The van der Waals surface area contributed by atoms with E-state index in [1.54, 1.807) is 35.2 Å². The fourth-order valence-corrected chi connectivity index (χ4v) is 3.08. The van der Waals surface area contributed by atoms with E-state index in [2.05, 4.69) is 4.90 Å². The van der Waals surface area contributed by atoms with E-state index in [1.807, 2.05) is 12.1 Å². The van der Waals surface area contributed by atoms with E-state index in [1.165, 1.54) is 0 Å². The number of carbonyl (C=O) groups excluding carboxylic acids is 1. The minimum absolute atomic E-state index is 0.0867. The van der Waals surface area contributed by atoms with Crippen LogP contribution >= 0.6 is 23.2 Å². The quantitative estimate of drug-likeness (QED) is 0.882. The molecule has 0 saturated carbocycles. The van der Waals surface area contributed by atoms with Gasteiger partial charge in [0.2, 0.25) is 0 Å². The summed E-state index contributed by atoms with van der Waals surface area (Å²) in [5.74, 6) is 0.546. The van der Waals surface area contributed by atoms with E-state index in [0.717, 1.165) is 5.69 Å². The number of phenols is 1. The molecule has 132 valence electrons. The molecular weight excluding hydrogens is 363 g/mol. The van der Waals surface area contributed by atoms with Gasteiger partial charge in [0.25, 0.3) is 5.91 Å². The Morgan fingerprint density at radius 2 is 1.80 bits per heavy atom. The molecule has 0 bridgehead atoms. The fraction of sp³-hybridized carbons (Fsp3) is 0.278. The normalized spacial score (nSPS) is 14.5. The van der Waals surface area contributed by atoms with Crippen molar-refractivity contribution in [2.24, 2.45) is 0 Å². The second-order valence-corrected chi connectivity index (χ2v) is 6.56. The van der Waals surface area contributed by atoms with Gasteiger partial charge in [-0.25, -0.2) is 0 Å². The number of phenolic OH excluding ortho intramolecular Hbond substituents is 1. The number of halogens is 2. The van der Waals surface area contributed by atoms with Gasteiger partial charge in [0.05, 0.1) is 10.7 Å². The van der Waals surface area contributed by atoms with Gasteiger partial charge in [-0.2, -0.15) is 0 Å². The highest BCUT2D eigenvalue weighted by Gasteiger charge is 2.23. The van der Waals surface area contributed by atoms with Crippen LogP contribution in [0.25, 0.3) is 0 Å². The van der Waals surface area contributed by atoms with Crippen LogP contribution in [-0.4, -0.2) is 48.7 Å². The van der Waals surface area contributed by atoms with Gasteiger partial charge in [0.15, 0.2) is 6.61 Å². The molecule has 1 amide bonds. The van der Waals surface area contributed by atoms with E-state index in [-0.39, 0.29) is 18.3 Å². The van der Waals surface area contributed by atoms with Gasteiger partial charge in [0, 0.05) is 37.3 Å². The molecule has 0 aliphatic carbocycles. The molecule has 1 heterocycles. The Kier molecular flexibility index (Phi) is 5.56. The number of para-hydroxylation sites is 2. The lowest BCUT2D eigenvalue weighted by Crippen LogP contribution is -2.50. The summed E-state index contributed by atoms with van der Waals surface area (Å²) in [7, 11) is 0. The predicted octanol–water partition coefficient (Wildman–Crippen LogP) is 3.43. The monoisotopic (exact) mass is 380 g/mol. The zero-order valence-electron chi connectivity index (χ0n) is 13.5. The number of hydrogen-bond acceptors (Lipinski definition) is 4. The van der Waals surface area contributed by atoms with Crippen LogP contribution in [-0.2, 0) is 4.79 Å². The number of piperazine rings is 1. The van der Waals surface area contributed by atoms with Crippen LogP contribution in [0.15, 0.2) is 42.5 Å². The number of ether oxygens (including phenoxy) is 1. The van der Waals surface area contributed by atoms with Gasteiger partial charge in [-0.3, -0.25) is 4.79 Å². The Balaban J connectivity index is 1.53. The van der Waals surface area contributed by atoms with Gasteiger partial charge < -0.3 is 19.6 Å². The van der Waals surface area contributed by atoms with E-state index in [4.69, 9.17) is 27.9 Å². The van der Waals surface area contributed by atoms with Crippen LogP contribution in [0.3, 0.4) is 0 Å². The minimum atomic E-state index is -0.104. The molecule has 0 unspecified atom stereocenters. The molecule has 1 fully saturated rings. The topological polar surface area (TPSA) is 53.0 Å². The van der Waals surface area contributed by atoms with Crippen molar-refractivity contribution < 1.29 is 14.6 Å². The molecule has 1 aliphatic heterocycles. The molecule has 0 spiro atoms. The summed E-state index contributed by atoms with van der Waals surface area (Å²) >= 11 is 11.9. The van der Waals surface area contributed by atoms with Gasteiger partial charge in [-0.05, 0) is 24.3 Å². The highest BCUT2D eigenvalue weighted by Crippen LogP contribution is 2.28. The van der Waals surface area contributed by atoms with Crippen LogP contribution in [0, 0.1) is 0 Å². The Hall–Kier alpha value is -2.11. The summed E-state index contributed by atoms with van der Waals surface area (Å²) in [5, 5.41) is 10.9. The van der Waals surface area contributed by atoms with E-state index in [0.29, 0.717) is 42.0 Å². The summed E-state index contributed by atoms with van der Waals surface area (Å²) in [4.78, 5) is 16.1. The zero-order chi connectivity index (χ0) is 17.8. The molecule has 5 nitrogen and oxygen atoms in total. The molecule has 3 rings (SSSR count). The molecule has 1 saturated heterocycles. The molecule has 1 aliphatic rings. The number of nitrogens with zero attached hydrogens (tertiary/aromatic N) is 2. The number of carbonyl (C=O) groups is 1. The van der Waals surface area contributed by atoms with Crippen LogP contribution in [0.4, 0.5) is 5.69 Å².